The summed E-state index contributed by atoms with van der Waals surface area (Å²) in [5, 5.41) is 2.84. The highest BCUT2D eigenvalue weighted by molar-refractivity contribution is 9.10. The van der Waals surface area contributed by atoms with Crippen molar-refractivity contribution >= 4 is 33.4 Å². The molecule has 2 aromatic carbocycles. The number of amides is 2. The fraction of sp³-hybridized carbons (Fsp3) is 0.333. The van der Waals surface area contributed by atoms with Crippen LogP contribution < -0.4 is 10.1 Å². The highest BCUT2D eigenvalue weighted by Crippen LogP contribution is 2.21. The number of likely N-dealkylation sites (N-methyl/N-ethyl adjacent to an activating group) is 1. The number of para-hydroxylation sites is 1. The van der Waals surface area contributed by atoms with Crippen LogP contribution in [0.3, 0.4) is 0 Å². The van der Waals surface area contributed by atoms with E-state index < -0.39 is 0 Å². The molecule has 0 aromatic heterocycles. The molecule has 2 aromatic rings. The SMILES string of the molecule is CCOCCOc1ccccc1C(=O)N(C)CC(=O)Nc1ccc(Br)cc1C. The molecular formula is C21H25BrN2O4. The molecule has 28 heavy (non-hydrogen) atoms. The predicted octanol–water partition coefficient (Wildman–Crippen LogP) is 3.88. The van der Waals surface area contributed by atoms with Gasteiger partial charge in [0.25, 0.3) is 5.91 Å². The Labute approximate surface area is 174 Å². The lowest BCUT2D eigenvalue weighted by molar-refractivity contribution is -0.116. The fourth-order valence-electron chi connectivity index (χ4n) is 2.57. The second-order valence-corrected chi connectivity index (χ2v) is 7.13. The first-order valence-electron chi connectivity index (χ1n) is 9.03. The molecule has 0 aliphatic heterocycles. The number of hydrogen-bond donors (Lipinski definition) is 1. The number of anilines is 1. The summed E-state index contributed by atoms with van der Waals surface area (Å²) < 4.78 is 11.9. The Hall–Kier alpha value is -2.38. The van der Waals surface area contributed by atoms with Crippen LogP contribution in [0.5, 0.6) is 5.75 Å². The molecule has 0 radical (unpaired) electrons. The first-order valence-corrected chi connectivity index (χ1v) is 9.82. The van der Waals surface area contributed by atoms with Gasteiger partial charge in [-0.1, -0.05) is 28.1 Å². The molecule has 0 saturated heterocycles. The first kappa shape index (κ1) is 21.9. The number of hydrogen-bond acceptors (Lipinski definition) is 4. The minimum atomic E-state index is -0.283. The fourth-order valence-corrected chi connectivity index (χ4v) is 3.05. The van der Waals surface area contributed by atoms with Crippen LogP contribution in [0.25, 0.3) is 0 Å². The van der Waals surface area contributed by atoms with Crippen molar-refractivity contribution in [3.63, 3.8) is 0 Å². The van der Waals surface area contributed by atoms with E-state index in [0.717, 1.165) is 10.0 Å². The second-order valence-electron chi connectivity index (χ2n) is 6.21. The smallest absolute Gasteiger partial charge is 0.257 e. The van der Waals surface area contributed by atoms with Crippen molar-refractivity contribution < 1.29 is 19.1 Å². The van der Waals surface area contributed by atoms with Crippen molar-refractivity contribution in [1.29, 1.82) is 0 Å². The van der Waals surface area contributed by atoms with E-state index in [9.17, 15) is 9.59 Å². The molecule has 0 bridgehead atoms. The number of benzene rings is 2. The Bertz CT molecular complexity index is 826. The Kier molecular flexibility index (Phi) is 8.47. The maximum Gasteiger partial charge on any atom is 0.257 e. The normalized spacial score (nSPS) is 10.4. The van der Waals surface area contributed by atoms with Crippen molar-refractivity contribution in [3.8, 4) is 5.75 Å². The molecule has 0 unspecified atom stereocenters. The van der Waals surface area contributed by atoms with E-state index in [2.05, 4.69) is 21.2 Å². The van der Waals surface area contributed by atoms with Gasteiger partial charge in [0.2, 0.25) is 5.91 Å². The number of nitrogens with one attached hydrogen (secondary N) is 1. The number of ether oxygens (including phenoxy) is 2. The number of nitrogens with zero attached hydrogens (tertiary/aromatic N) is 1. The van der Waals surface area contributed by atoms with Crippen LogP contribution in [0.15, 0.2) is 46.9 Å². The van der Waals surface area contributed by atoms with E-state index >= 15 is 0 Å². The number of carbonyl (C=O) groups is 2. The van der Waals surface area contributed by atoms with Crippen LogP contribution in [-0.2, 0) is 9.53 Å². The summed E-state index contributed by atoms with van der Waals surface area (Å²) in [4.78, 5) is 26.5. The predicted molar refractivity (Wildman–Crippen MR) is 113 cm³/mol. The largest absolute Gasteiger partial charge is 0.490 e. The monoisotopic (exact) mass is 448 g/mol. The molecule has 2 amide bonds. The highest BCUT2D eigenvalue weighted by atomic mass is 79.9. The zero-order chi connectivity index (χ0) is 20.5. The summed E-state index contributed by atoms with van der Waals surface area (Å²) in [5.41, 5.74) is 2.06. The molecule has 0 aliphatic carbocycles. The number of aryl methyl sites for hydroxylation is 1. The maximum atomic E-state index is 12.8. The number of halogens is 1. The molecule has 0 fully saturated rings. The third kappa shape index (κ3) is 6.35. The molecule has 0 aliphatic rings. The van der Waals surface area contributed by atoms with Crippen LogP contribution >= 0.6 is 15.9 Å². The van der Waals surface area contributed by atoms with E-state index in [-0.39, 0.29) is 18.4 Å². The van der Waals surface area contributed by atoms with Gasteiger partial charge in [-0.15, -0.1) is 0 Å². The van der Waals surface area contributed by atoms with Crippen molar-refractivity contribution in [2.24, 2.45) is 0 Å². The van der Waals surface area contributed by atoms with Gasteiger partial charge in [-0.05, 0) is 49.7 Å². The number of rotatable bonds is 9. The third-order valence-electron chi connectivity index (χ3n) is 4.00. The van der Waals surface area contributed by atoms with Crippen molar-refractivity contribution in [1.82, 2.24) is 4.90 Å². The standard InChI is InChI=1S/C21H25BrN2O4/c1-4-27-11-12-28-19-8-6-5-7-17(19)21(26)24(3)14-20(25)23-18-10-9-16(22)13-15(18)2/h5-10,13H,4,11-12,14H2,1-3H3,(H,23,25). The molecule has 6 nitrogen and oxygen atoms in total. The summed E-state index contributed by atoms with van der Waals surface area (Å²) in [5.74, 6) is -0.0751. The Morgan fingerprint density at radius 2 is 1.89 bits per heavy atom. The lowest BCUT2D eigenvalue weighted by Gasteiger charge is -2.19. The van der Waals surface area contributed by atoms with Gasteiger partial charge >= 0.3 is 0 Å². The van der Waals surface area contributed by atoms with Crippen LogP contribution in [-0.4, -0.2) is 50.1 Å². The summed E-state index contributed by atoms with van der Waals surface area (Å²) in [7, 11) is 1.59. The van der Waals surface area contributed by atoms with Crippen molar-refractivity contribution in [2.45, 2.75) is 13.8 Å². The van der Waals surface area contributed by atoms with Gasteiger partial charge in [0.1, 0.15) is 12.4 Å². The van der Waals surface area contributed by atoms with Crippen LogP contribution in [0.1, 0.15) is 22.8 Å². The quantitative estimate of drug-likeness (QED) is 0.590. The molecule has 0 heterocycles. The Balaban J connectivity index is 1.99. The molecule has 150 valence electrons. The molecule has 7 heteroatoms. The Morgan fingerprint density at radius 3 is 2.61 bits per heavy atom. The molecule has 2 rings (SSSR count). The molecule has 0 saturated carbocycles. The van der Waals surface area contributed by atoms with Crippen molar-refractivity contribution in [2.75, 3.05) is 38.7 Å². The summed E-state index contributed by atoms with van der Waals surface area (Å²) in [6, 6.07) is 12.6. The zero-order valence-corrected chi connectivity index (χ0v) is 17.9. The van der Waals surface area contributed by atoms with E-state index in [1.165, 1.54) is 4.90 Å². The highest BCUT2D eigenvalue weighted by Gasteiger charge is 2.19. The topological polar surface area (TPSA) is 67.9 Å². The summed E-state index contributed by atoms with van der Waals surface area (Å²) in [6.07, 6.45) is 0. The van der Waals surface area contributed by atoms with E-state index in [0.29, 0.717) is 36.8 Å². The molecule has 1 N–H and O–H groups in total. The minimum Gasteiger partial charge on any atom is -0.490 e. The lowest BCUT2D eigenvalue weighted by Crippen LogP contribution is -2.35. The average molecular weight is 449 g/mol. The summed E-state index contributed by atoms with van der Waals surface area (Å²) >= 11 is 3.40. The lowest BCUT2D eigenvalue weighted by atomic mass is 10.1. The number of carbonyl (C=O) groups excluding carboxylic acids is 2. The van der Waals surface area contributed by atoms with E-state index in [4.69, 9.17) is 9.47 Å². The maximum absolute atomic E-state index is 12.8. The summed E-state index contributed by atoms with van der Waals surface area (Å²) in [6.45, 7) is 5.16. The second kappa shape index (κ2) is 10.8. The van der Waals surface area contributed by atoms with Gasteiger partial charge < -0.3 is 19.7 Å². The van der Waals surface area contributed by atoms with Gasteiger partial charge in [-0.2, -0.15) is 0 Å². The minimum absolute atomic E-state index is 0.0678. The molecular weight excluding hydrogens is 424 g/mol. The van der Waals surface area contributed by atoms with Gasteiger partial charge in [-0.25, -0.2) is 0 Å². The first-order chi connectivity index (χ1) is 13.4. The van der Waals surface area contributed by atoms with Gasteiger partial charge in [0.15, 0.2) is 0 Å². The molecule has 0 atom stereocenters. The Morgan fingerprint density at radius 1 is 1.14 bits per heavy atom. The van der Waals surface area contributed by atoms with E-state index in [1.54, 1.807) is 31.3 Å². The molecule has 0 spiro atoms. The van der Waals surface area contributed by atoms with Crippen LogP contribution in [0.2, 0.25) is 0 Å². The van der Waals surface area contributed by atoms with Crippen LogP contribution in [0.4, 0.5) is 5.69 Å². The average Bonchev–Trinajstić information content (AvgIpc) is 2.67. The third-order valence-corrected chi connectivity index (χ3v) is 4.49. The zero-order valence-electron chi connectivity index (χ0n) is 16.3. The van der Waals surface area contributed by atoms with Gasteiger partial charge in [-0.3, -0.25) is 9.59 Å². The van der Waals surface area contributed by atoms with Crippen LogP contribution in [0, 0.1) is 6.92 Å². The van der Waals surface area contributed by atoms with E-state index in [1.807, 2.05) is 32.0 Å². The van der Waals surface area contributed by atoms with Gasteiger partial charge in [0, 0.05) is 23.8 Å². The van der Waals surface area contributed by atoms with Gasteiger partial charge in [0.05, 0.1) is 18.7 Å². The van der Waals surface area contributed by atoms with Crippen molar-refractivity contribution in [3.05, 3.63) is 58.1 Å².